The molecule has 7 nitrogen and oxygen atoms in total. The van der Waals surface area contributed by atoms with Crippen LogP contribution >= 0.6 is 23.4 Å². The zero-order valence-electron chi connectivity index (χ0n) is 16.6. The van der Waals surface area contributed by atoms with E-state index in [4.69, 9.17) is 25.8 Å². The van der Waals surface area contributed by atoms with Crippen molar-refractivity contribution in [2.45, 2.75) is 62.6 Å². The number of hydrogen-bond acceptors (Lipinski definition) is 7. The van der Waals surface area contributed by atoms with Gasteiger partial charge >= 0.3 is 0 Å². The summed E-state index contributed by atoms with van der Waals surface area (Å²) in [6.45, 7) is 7.30. The molecule has 1 atom stereocenters. The maximum Gasteiger partial charge on any atom is 0.262 e. The predicted molar refractivity (Wildman–Crippen MR) is 113 cm³/mol. The minimum atomic E-state index is -0.188. The van der Waals surface area contributed by atoms with Crippen LogP contribution in [0.3, 0.4) is 0 Å². The summed E-state index contributed by atoms with van der Waals surface area (Å²) in [5, 5.41) is 5.74. The Balaban J connectivity index is 1.67. The van der Waals surface area contributed by atoms with Gasteiger partial charge in [0.05, 0.1) is 29.3 Å². The van der Waals surface area contributed by atoms with Crippen LogP contribution in [0.4, 0.5) is 0 Å². The van der Waals surface area contributed by atoms with Crippen molar-refractivity contribution in [1.29, 1.82) is 0 Å². The second kappa shape index (κ2) is 8.08. The molecule has 3 heterocycles. The van der Waals surface area contributed by atoms with Crippen molar-refractivity contribution in [2.24, 2.45) is 0 Å². The molecule has 9 heteroatoms. The molecule has 1 aromatic carbocycles. The number of thioether (sulfide) groups is 1. The molecule has 0 aliphatic carbocycles. The Labute approximate surface area is 177 Å². The van der Waals surface area contributed by atoms with Gasteiger partial charge in [-0.2, -0.15) is 4.98 Å². The quantitative estimate of drug-likeness (QED) is 0.439. The number of benzene rings is 1. The van der Waals surface area contributed by atoms with Gasteiger partial charge in [-0.3, -0.25) is 9.36 Å². The third kappa shape index (κ3) is 4.49. The van der Waals surface area contributed by atoms with Crippen LogP contribution in [0, 0.1) is 0 Å². The molecule has 1 aliphatic heterocycles. The lowest BCUT2D eigenvalue weighted by atomic mass is 9.96. The van der Waals surface area contributed by atoms with Crippen molar-refractivity contribution in [3.63, 3.8) is 0 Å². The molecule has 1 unspecified atom stereocenters. The molecule has 4 rings (SSSR count). The van der Waals surface area contributed by atoms with E-state index in [1.807, 2.05) is 20.8 Å². The number of aromatic nitrogens is 4. The summed E-state index contributed by atoms with van der Waals surface area (Å²) in [5.41, 5.74) is 0.298. The molecule has 1 aliphatic rings. The lowest BCUT2D eigenvalue weighted by molar-refractivity contribution is 0.0937. The van der Waals surface area contributed by atoms with E-state index in [1.54, 1.807) is 22.8 Å². The number of hydrogen-bond donors (Lipinski definition) is 0. The summed E-state index contributed by atoms with van der Waals surface area (Å²) in [6, 6.07) is 5.15. The number of rotatable bonds is 5. The molecule has 0 N–H and O–H groups in total. The minimum Gasteiger partial charge on any atom is -0.376 e. The van der Waals surface area contributed by atoms with Gasteiger partial charge in [0.25, 0.3) is 5.56 Å². The third-order valence-corrected chi connectivity index (χ3v) is 5.95. The fourth-order valence-electron chi connectivity index (χ4n) is 3.18. The first-order valence-electron chi connectivity index (χ1n) is 9.59. The van der Waals surface area contributed by atoms with Gasteiger partial charge in [-0.15, -0.1) is 0 Å². The highest BCUT2D eigenvalue weighted by atomic mass is 35.5. The van der Waals surface area contributed by atoms with Crippen LogP contribution < -0.4 is 5.56 Å². The van der Waals surface area contributed by atoms with Crippen molar-refractivity contribution < 1.29 is 9.26 Å². The highest BCUT2D eigenvalue weighted by molar-refractivity contribution is 7.98. The predicted octanol–water partition coefficient (Wildman–Crippen LogP) is 4.20. The van der Waals surface area contributed by atoms with E-state index in [0.29, 0.717) is 45.1 Å². The van der Waals surface area contributed by atoms with Crippen molar-refractivity contribution in [3.05, 3.63) is 45.3 Å². The normalized spacial score (nSPS) is 17.3. The summed E-state index contributed by atoms with van der Waals surface area (Å²) < 4.78 is 12.8. The average molecular weight is 435 g/mol. The second-order valence-electron chi connectivity index (χ2n) is 8.16. The Morgan fingerprint density at radius 3 is 2.83 bits per heavy atom. The first kappa shape index (κ1) is 20.4. The van der Waals surface area contributed by atoms with E-state index in [2.05, 4.69) is 10.1 Å². The maximum absolute atomic E-state index is 13.2. The molecule has 0 amide bonds. The van der Waals surface area contributed by atoms with E-state index in [9.17, 15) is 4.79 Å². The third-order valence-electron chi connectivity index (χ3n) is 4.76. The largest absolute Gasteiger partial charge is 0.376 e. The number of nitrogens with zero attached hydrogens (tertiary/aromatic N) is 4. The molecular weight excluding hydrogens is 412 g/mol. The molecule has 0 radical (unpaired) electrons. The number of fused-ring (bicyclic) bond motifs is 1. The molecular formula is C20H23ClN4O3S. The van der Waals surface area contributed by atoms with Crippen molar-refractivity contribution in [2.75, 3.05) is 6.61 Å². The average Bonchev–Trinajstić information content (AvgIpc) is 3.34. The fraction of sp³-hybridized carbons (Fsp3) is 0.500. The summed E-state index contributed by atoms with van der Waals surface area (Å²) in [7, 11) is 0. The van der Waals surface area contributed by atoms with E-state index in [1.165, 1.54) is 11.8 Å². The zero-order chi connectivity index (χ0) is 20.6. The van der Waals surface area contributed by atoms with Gasteiger partial charge in [-0.1, -0.05) is 49.3 Å². The summed E-state index contributed by atoms with van der Waals surface area (Å²) in [5.74, 6) is 1.58. The van der Waals surface area contributed by atoms with Crippen LogP contribution in [0.1, 0.15) is 45.3 Å². The maximum atomic E-state index is 13.2. The monoisotopic (exact) mass is 434 g/mol. The van der Waals surface area contributed by atoms with Crippen molar-refractivity contribution in [1.82, 2.24) is 19.7 Å². The molecule has 3 aromatic rings. The summed E-state index contributed by atoms with van der Waals surface area (Å²) >= 11 is 7.51. The molecule has 0 bridgehead atoms. The van der Waals surface area contributed by atoms with Crippen LogP contribution in [0.5, 0.6) is 0 Å². The van der Waals surface area contributed by atoms with Crippen LogP contribution in [-0.4, -0.2) is 32.4 Å². The molecule has 1 saturated heterocycles. The van der Waals surface area contributed by atoms with E-state index in [-0.39, 0.29) is 17.1 Å². The smallest absolute Gasteiger partial charge is 0.262 e. The van der Waals surface area contributed by atoms with Gasteiger partial charge in [-0.25, -0.2) is 4.98 Å². The van der Waals surface area contributed by atoms with Crippen LogP contribution in [0.15, 0.2) is 32.7 Å². The van der Waals surface area contributed by atoms with E-state index in [0.717, 1.165) is 19.4 Å². The lowest BCUT2D eigenvalue weighted by Gasteiger charge is -2.16. The Bertz CT molecular complexity index is 1080. The van der Waals surface area contributed by atoms with Crippen LogP contribution in [-0.2, 0) is 22.4 Å². The van der Waals surface area contributed by atoms with Gasteiger partial charge in [0.15, 0.2) is 11.0 Å². The molecule has 154 valence electrons. The highest BCUT2D eigenvalue weighted by Crippen LogP contribution is 2.26. The Hall–Kier alpha value is -1.90. The van der Waals surface area contributed by atoms with Gasteiger partial charge in [0, 0.05) is 17.0 Å². The van der Waals surface area contributed by atoms with Crippen LogP contribution in [0.2, 0.25) is 5.02 Å². The van der Waals surface area contributed by atoms with Crippen LogP contribution in [0.25, 0.3) is 10.9 Å². The van der Waals surface area contributed by atoms with Gasteiger partial charge < -0.3 is 9.26 Å². The zero-order valence-corrected chi connectivity index (χ0v) is 18.2. The van der Waals surface area contributed by atoms with Gasteiger partial charge in [-0.05, 0) is 31.0 Å². The van der Waals surface area contributed by atoms with E-state index < -0.39 is 0 Å². The van der Waals surface area contributed by atoms with E-state index >= 15 is 0 Å². The Morgan fingerprint density at radius 1 is 1.31 bits per heavy atom. The molecule has 29 heavy (non-hydrogen) atoms. The molecule has 0 saturated carbocycles. The topological polar surface area (TPSA) is 83.0 Å². The standard InChI is InChI=1S/C20H23ClN4O3S/c1-20(2,3)18-23-16(28-24-18)11-29-19-22-15-9-12(21)6-7-14(15)17(26)25(19)10-13-5-4-8-27-13/h6-7,9,13H,4-5,8,10-11H2,1-3H3. The minimum absolute atomic E-state index is 0.0227. The first-order valence-corrected chi connectivity index (χ1v) is 11.0. The Kier molecular flexibility index (Phi) is 5.68. The van der Waals surface area contributed by atoms with Crippen molar-refractivity contribution in [3.8, 4) is 0 Å². The molecule has 0 spiro atoms. The lowest BCUT2D eigenvalue weighted by Crippen LogP contribution is -2.28. The summed E-state index contributed by atoms with van der Waals surface area (Å²) in [6.07, 6.45) is 1.97. The van der Waals surface area contributed by atoms with Gasteiger partial charge in [0.1, 0.15) is 0 Å². The number of ether oxygens (including phenoxy) is 1. The van der Waals surface area contributed by atoms with Gasteiger partial charge in [0.2, 0.25) is 5.89 Å². The molecule has 1 fully saturated rings. The summed E-state index contributed by atoms with van der Waals surface area (Å²) in [4.78, 5) is 22.3. The second-order valence-corrected chi connectivity index (χ2v) is 9.54. The fourth-order valence-corrected chi connectivity index (χ4v) is 4.19. The highest BCUT2D eigenvalue weighted by Gasteiger charge is 2.23. The molecule has 2 aromatic heterocycles. The number of halogens is 1. The Morgan fingerprint density at radius 2 is 2.14 bits per heavy atom. The van der Waals surface area contributed by atoms with Crippen molar-refractivity contribution >= 4 is 34.3 Å². The first-order chi connectivity index (χ1) is 13.8. The SMILES string of the molecule is CC(C)(C)c1noc(CSc2nc3cc(Cl)ccc3c(=O)n2CC2CCCO2)n1.